The smallest absolute Gasteiger partial charge is 0.0477 e. The van der Waals surface area contributed by atoms with Crippen molar-refractivity contribution in [1.82, 2.24) is 10.2 Å². The van der Waals surface area contributed by atoms with Crippen molar-refractivity contribution < 1.29 is 4.74 Å². The van der Waals surface area contributed by atoms with Crippen molar-refractivity contribution in [3.63, 3.8) is 0 Å². The van der Waals surface area contributed by atoms with Gasteiger partial charge in [0.25, 0.3) is 0 Å². The lowest BCUT2D eigenvalue weighted by atomic mass is 10.1. The van der Waals surface area contributed by atoms with Gasteiger partial charge in [-0.25, -0.2) is 0 Å². The second-order valence-electron chi connectivity index (χ2n) is 4.55. The second kappa shape index (κ2) is 5.69. The maximum Gasteiger partial charge on any atom is 0.0477 e. The SMILES string of the molecule is COCCC(C)N1CC(C)NC(C)C1. The van der Waals surface area contributed by atoms with E-state index in [9.17, 15) is 0 Å². The van der Waals surface area contributed by atoms with E-state index in [1.54, 1.807) is 7.11 Å². The highest BCUT2D eigenvalue weighted by Gasteiger charge is 2.23. The largest absolute Gasteiger partial charge is 0.385 e. The molecule has 84 valence electrons. The quantitative estimate of drug-likeness (QED) is 0.735. The Balaban J connectivity index is 2.34. The lowest BCUT2D eigenvalue weighted by molar-refractivity contribution is 0.100. The van der Waals surface area contributed by atoms with Gasteiger partial charge in [-0.2, -0.15) is 0 Å². The fourth-order valence-corrected chi connectivity index (χ4v) is 2.20. The van der Waals surface area contributed by atoms with E-state index >= 15 is 0 Å². The molecule has 1 rings (SSSR count). The van der Waals surface area contributed by atoms with Crippen LogP contribution >= 0.6 is 0 Å². The van der Waals surface area contributed by atoms with E-state index in [2.05, 4.69) is 31.0 Å². The molecule has 3 atom stereocenters. The van der Waals surface area contributed by atoms with Crippen molar-refractivity contribution >= 4 is 0 Å². The molecule has 1 fully saturated rings. The molecule has 3 unspecified atom stereocenters. The molecule has 3 heteroatoms. The maximum atomic E-state index is 5.11. The van der Waals surface area contributed by atoms with Crippen LogP contribution in [0.2, 0.25) is 0 Å². The highest BCUT2D eigenvalue weighted by molar-refractivity contribution is 4.83. The third kappa shape index (κ3) is 3.56. The number of hydrogen-bond donors (Lipinski definition) is 1. The Morgan fingerprint density at radius 1 is 1.36 bits per heavy atom. The normalized spacial score (nSPS) is 31.7. The van der Waals surface area contributed by atoms with Gasteiger partial charge in [-0.05, 0) is 27.2 Å². The summed E-state index contributed by atoms with van der Waals surface area (Å²) in [6.07, 6.45) is 1.13. The van der Waals surface area contributed by atoms with Crippen LogP contribution in [-0.4, -0.2) is 49.8 Å². The highest BCUT2D eigenvalue weighted by atomic mass is 16.5. The Morgan fingerprint density at radius 2 is 1.93 bits per heavy atom. The van der Waals surface area contributed by atoms with Crippen molar-refractivity contribution in [2.45, 2.75) is 45.3 Å². The van der Waals surface area contributed by atoms with Gasteiger partial charge in [-0.1, -0.05) is 0 Å². The lowest BCUT2D eigenvalue weighted by Gasteiger charge is -2.39. The van der Waals surface area contributed by atoms with E-state index < -0.39 is 0 Å². The molecule has 0 aromatic carbocycles. The van der Waals surface area contributed by atoms with Crippen molar-refractivity contribution in [2.24, 2.45) is 0 Å². The van der Waals surface area contributed by atoms with Crippen molar-refractivity contribution in [1.29, 1.82) is 0 Å². The number of methoxy groups -OCH3 is 1. The highest BCUT2D eigenvalue weighted by Crippen LogP contribution is 2.10. The van der Waals surface area contributed by atoms with E-state index in [-0.39, 0.29) is 0 Å². The summed E-state index contributed by atoms with van der Waals surface area (Å²) in [5, 5.41) is 3.55. The number of nitrogens with zero attached hydrogens (tertiary/aromatic N) is 1. The molecule has 1 saturated heterocycles. The van der Waals surface area contributed by atoms with Gasteiger partial charge in [0.15, 0.2) is 0 Å². The topological polar surface area (TPSA) is 24.5 Å². The van der Waals surface area contributed by atoms with Crippen LogP contribution in [-0.2, 0) is 4.74 Å². The monoisotopic (exact) mass is 200 g/mol. The van der Waals surface area contributed by atoms with Crippen LogP contribution in [0.1, 0.15) is 27.2 Å². The van der Waals surface area contributed by atoms with Crippen molar-refractivity contribution in [3.05, 3.63) is 0 Å². The number of nitrogens with one attached hydrogen (secondary N) is 1. The summed E-state index contributed by atoms with van der Waals surface area (Å²) in [7, 11) is 1.77. The molecule has 1 aliphatic heterocycles. The first-order valence-electron chi connectivity index (χ1n) is 5.62. The molecule has 3 nitrogen and oxygen atoms in total. The summed E-state index contributed by atoms with van der Waals surface area (Å²) in [5.74, 6) is 0. The summed E-state index contributed by atoms with van der Waals surface area (Å²) in [4.78, 5) is 2.56. The van der Waals surface area contributed by atoms with E-state index in [0.29, 0.717) is 18.1 Å². The molecule has 0 spiro atoms. The summed E-state index contributed by atoms with van der Waals surface area (Å²) in [5.41, 5.74) is 0. The second-order valence-corrected chi connectivity index (χ2v) is 4.55. The van der Waals surface area contributed by atoms with Gasteiger partial charge in [-0.3, -0.25) is 4.90 Å². The molecule has 0 aromatic rings. The van der Waals surface area contributed by atoms with Crippen LogP contribution in [0.15, 0.2) is 0 Å². The van der Waals surface area contributed by atoms with Crippen LogP contribution < -0.4 is 5.32 Å². The zero-order valence-electron chi connectivity index (χ0n) is 9.92. The Kier molecular flexibility index (Phi) is 4.85. The third-order valence-corrected chi connectivity index (χ3v) is 2.95. The summed E-state index contributed by atoms with van der Waals surface area (Å²) in [6, 6.07) is 1.87. The fraction of sp³-hybridized carbons (Fsp3) is 1.00. The van der Waals surface area contributed by atoms with Crippen LogP contribution in [0.5, 0.6) is 0 Å². The Morgan fingerprint density at radius 3 is 2.43 bits per heavy atom. The average molecular weight is 200 g/mol. The third-order valence-electron chi connectivity index (χ3n) is 2.95. The molecule has 0 saturated carbocycles. The van der Waals surface area contributed by atoms with Crippen molar-refractivity contribution in [3.8, 4) is 0 Å². The fourth-order valence-electron chi connectivity index (χ4n) is 2.20. The van der Waals surface area contributed by atoms with Gasteiger partial charge in [0.2, 0.25) is 0 Å². The minimum Gasteiger partial charge on any atom is -0.385 e. The summed E-state index contributed by atoms with van der Waals surface area (Å²) in [6.45, 7) is 10.00. The average Bonchev–Trinajstić information content (AvgIpc) is 2.12. The molecule has 0 bridgehead atoms. The van der Waals surface area contributed by atoms with Gasteiger partial charge in [0.1, 0.15) is 0 Å². The summed E-state index contributed by atoms with van der Waals surface area (Å²) < 4.78 is 5.11. The molecule has 1 aliphatic rings. The first kappa shape index (κ1) is 12.0. The van der Waals surface area contributed by atoms with Gasteiger partial charge in [0.05, 0.1) is 0 Å². The molecule has 0 amide bonds. The number of rotatable bonds is 4. The molecule has 1 N–H and O–H groups in total. The van der Waals surface area contributed by atoms with E-state index in [0.717, 1.165) is 26.1 Å². The predicted molar refractivity (Wildman–Crippen MR) is 59.6 cm³/mol. The molecule has 0 aromatic heterocycles. The van der Waals surface area contributed by atoms with Crippen LogP contribution in [0, 0.1) is 0 Å². The predicted octanol–water partition coefficient (Wildman–Crippen LogP) is 1.09. The van der Waals surface area contributed by atoms with Crippen LogP contribution in [0.25, 0.3) is 0 Å². The van der Waals surface area contributed by atoms with E-state index in [4.69, 9.17) is 4.74 Å². The molecule has 0 aliphatic carbocycles. The Labute approximate surface area is 87.8 Å². The lowest BCUT2D eigenvalue weighted by Crippen LogP contribution is -2.56. The molecule has 0 radical (unpaired) electrons. The minimum absolute atomic E-state index is 0.615. The van der Waals surface area contributed by atoms with Gasteiger partial charge in [0, 0.05) is 44.9 Å². The number of ether oxygens (including phenoxy) is 1. The zero-order valence-corrected chi connectivity index (χ0v) is 9.92. The van der Waals surface area contributed by atoms with E-state index in [1.165, 1.54) is 0 Å². The van der Waals surface area contributed by atoms with Gasteiger partial charge >= 0.3 is 0 Å². The molecule has 1 heterocycles. The standard InChI is InChI=1S/C11H24N2O/c1-9-7-13(8-10(2)12-9)11(3)5-6-14-4/h9-12H,5-8H2,1-4H3. The molecule has 14 heavy (non-hydrogen) atoms. The first-order valence-corrected chi connectivity index (χ1v) is 5.62. The van der Waals surface area contributed by atoms with Gasteiger partial charge < -0.3 is 10.1 Å². The Bertz CT molecular complexity index is 153. The maximum absolute atomic E-state index is 5.11. The minimum atomic E-state index is 0.615. The number of hydrogen-bond acceptors (Lipinski definition) is 3. The molecular weight excluding hydrogens is 176 g/mol. The number of piperazine rings is 1. The van der Waals surface area contributed by atoms with Crippen molar-refractivity contribution in [2.75, 3.05) is 26.8 Å². The molecular formula is C11H24N2O. The summed E-state index contributed by atoms with van der Waals surface area (Å²) >= 11 is 0. The first-order chi connectivity index (χ1) is 6.63. The van der Waals surface area contributed by atoms with Crippen LogP contribution in [0.3, 0.4) is 0 Å². The Hall–Kier alpha value is -0.120. The van der Waals surface area contributed by atoms with E-state index in [1.807, 2.05) is 0 Å². The zero-order chi connectivity index (χ0) is 10.6. The van der Waals surface area contributed by atoms with Crippen LogP contribution in [0.4, 0.5) is 0 Å². The van der Waals surface area contributed by atoms with Gasteiger partial charge in [-0.15, -0.1) is 0 Å².